The maximum Gasteiger partial charge on any atom is 0.269 e. The van der Waals surface area contributed by atoms with Crippen molar-refractivity contribution in [3.8, 4) is 0 Å². The third-order valence-corrected chi connectivity index (χ3v) is 8.24. The standard InChI is InChI=1S/C34H35N5O6/c40-23-24-3-5-25(6-4-24)32-20-31(22-37-16-18-38(19-17-37)29-11-13-30(14-12-29)39(42)43)44-34(45-32)26-7-9-28(10-8-26)36-33(41)27-2-1-15-35-21-27/h1-15,21,31-32,34,40H,16-20,22-23H2,(H,36,41)/t31-,32+,34+/m1/s1. The van der Waals surface area contributed by atoms with Crippen molar-refractivity contribution >= 4 is 23.0 Å². The Morgan fingerprint density at radius 3 is 2.29 bits per heavy atom. The molecular formula is C34H35N5O6. The van der Waals surface area contributed by atoms with Crippen LogP contribution in [0.3, 0.4) is 0 Å². The molecule has 1 aromatic heterocycles. The van der Waals surface area contributed by atoms with E-state index in [0.29, 0.717) is 17.7 Å². The molecule has 11 heteroatoms. The summed E-state index contributed by atoms with van der Waals surface area (Å²) in [4.78, 5) is 31.8. The third kappa shape index (κ3) is 7.52. The van der Waals surface area contributed by atoms with E-state index in [4.69, 9.17) is 9.47 Å². The Balaban J connectivity index is 1.12. The lowest BCUT2D eigenvalue weighted by Crippen LogP contribution is -2.49. The number of rotatable bonds is 9. The molecule has 3 aromatic carbocycles. The SMILES string of the molecule is O=C(Nc1ccc([C@H]2O[C@@H](CN3CCN(c4ccc([N+](=O)[O-])cc4)CC3)C[C@@H](c3ccc(CO)cc3)O2)cc1)c1cccnc1. The van der Waals surface area contributed by atoms with Gasteiger partial charge in [0, 0.05) is 80.6 Å². The van der Waals surface area contributed by atoms with Crippen LogP contribution in [0.5, 0.6) is 0 Å². The van der Waals surface area contributed by atoms with E-state index < -0.39 is 6.29 Å². The molecule has 0 spiro atoms. The molecule has 2 aliphatic heterocycles. The maximum absolute atomic E-state index is 12.6. The Hall–Kier alpha value is -4.68. The topological polar surface area (TPSA) is 130 Å². The average Bonchev–Trinajstić information content (AvgIpc) is 3.09. The first kappa shape index (κ1) is 30.4. The molecule has 232 valence electrons. The molecule has 3 heterocycles. The van der Waals surface area contributed by atoms with Gasteiger partial charge in [-0.3, -0.25) is 24.8 Å². The number of ether oxygens (including phenoxy) is 2. The molecule has 6 rings (SSSR count). The Bertz CT molecular complexity index is 1580. The lowest BCUT2D eigenvalue weighted by atomic mass is 9.99. The number of carbonyl (C=O) groups is 1. The molecule has 4 aromatic rings. The fraction of sp³-hybridized carbons (Fsp3) is 0.294. The van der Waals surface area contributed by atoms with Gasteiger partial charge in [-0.25, -0.2) is 0 Å². The molecule has 0 radical (unpaired) electrons. The number of hydrogen-bond acceptors (Lipinski definition) is 9. The molecule has 2 N–H and O–H groups in total. The number of nitrogens with zero attached hydrogens (tertiary/aromatic N) is 4. The van der Waals surface area contributed by atoms with Crippen LogP contribution < -0.4 is 10.2 Å². The van der Waals surface area contributed by atoms with Crippen LogP contribution in [0.1, 0.15) is 45.9 Å². The Labute approximate surface area is 261 Å². The Morgan fingerprint density at radius 2 is 1.64 bits per heavy atom. The highest BCUT2D eigenvalue weighted by Crippen LogP contribution is 2.38. The summed E-state index contributed by atoms with van der Waals surface area (Å²) in [6, 6.07) is 25.4. The smallest absolute Gasteiger partial charge is 0.269 e. The van der Waals surface area contributed by atoms with Crippen LogP contribution in [0.2, 0.25) is 0 Å². The van der Waals surface area contributed by atoms with Gasteiger partial charge in [-0.2, -0.15) is 0 Å². The fourth-order valence-electron chi connectivity index (χ4n) is 5.72. The fourth-order valence-corrected chi connectivity index (χ4v) is 5.72. The Kier molecular flexibility index (Phi) is 9.41. The summed E-state index contributed by atoms with van der Waals surface area (Å²) >= 11 is 0. The highest BCUT2D eigenvalue weighted by molar-refractivity contribution is 6.04. The van der Waals surface area contributed by atoms with E-state index in [9.17, 15) is 20.0 Å². The van der Waals surface area contributed by atoms with E-state index in [2.05, 4.69) is 20.1 Å². The van der Waals surface area contributed by atoms with Gasteiger partial charge in [0.25, 0.3) is 11.6 Å². The summed E-state index contributed by atoms with van der Waals surface area (Å²) in [6.45, 7) is 4.01. The van der Waals surface area contributed by atoms with Gasteiger partial charge >= 0.3 is 0 Å². The number of nitro groups is 1. The number of carbonyl (C=O) groups excluding carboxylic acids is 1. The average molecular weight is 610 g/mol. The minimum absolute atomic E-state index is 0.0182. The molecule has 0 saturated carbocycles. The number of aliphatic hydroxyl groups excluding tert-OH is 1. The molecule has 3 atom stereocenters. The molecule has 45 heavy (non-hydrogen) atoms. The van der Waals surface area contributed by atoms with Crippen LogP contribution in [0.15, 0.2) is 97.3 Å². The van der Waals surface area contributed by atoms with E-state index in [-0.39, 0.29) is 35.3 Å². The minimum Gasteiger partial charge on any atom is -0.392 e. The van der Waals surface area contributed by atoms with Gasteiger partial charge in [-0.15, -0.1) is 0 Å². The number of aliphatic hydroxyl groups is 1. The van der Waals surface area contributed by atoms with Crippen LogP contribution in [-0.2, 0) is 16.1 Å². The van der Waals surface area contributed by atoms with Crippen molar-refractivity contribution in [3.63, 3.8) is 0 Å². The molecule has 0 aliphatic carbocycles. The number of nitro benzene ring substituents is 1. The van der Waals surface area contributed by atoms with Crippen LogP contribution in [0.4, 0.5) is 17.1 Å². The van der Waals surface area contributed by atoms with Gasteiger partial charge in [0.15, 0.2) is 6.29 Å². The van der Waals surface area contributed by atoms with Gasteiger partial charge in [0.05, 0.1) is 29.3 Å². The number of hydrogen-bond donors (Lipinski definition) is 2. The lowest BCUT2D eigenvalue weighted by molar-refractivity contribution is -0.384. The number of amides is 1. The highest BCUT2D eigenvalue weighted by Gasteiger charge is 2.34. The van der Waals surface area contributed by atoms with E-state index in [1.54, 1.807) is 30.5 Å². The van der Waals surface area contributed by atoms with Crippen molar-refractivity contribution in [1.29, 1.82) is 0 Å². The first-order valence-electron chi connectivity index (χ1n) is 15.0. The third-order valence-electron chi connectivity index (χ3n) is 8.24. The van der Waals surface area contributed by atoms with E-state index >= 15 is 0 Å². The van der Waals surface area contributed by atoms with Gasteiger partial charge in [0.2, 0.25) is 0 Å². The molecular weight excluding hydrogens is 574 g/mol. The number of pyridine rings is 1. The second kappa shape index (κ2) is 14.0. The lowest BCUT2D eigenvalue weighted by Gasteiger charge is -2.41. The first-order chi connectivity index (χ1) is 21.9. The number of non-ortho nitro benzene ring substituents is 1. The number of aromatic nitrogens is 1. The minimum atomic E-state index is -0.601. The second-order valence-corrected chi connectivity index (χ2v) is 11.2. The van der Waals surface area contributed by atoms with Crippen molar-refractivity contribution in [3.05, 3.63) is 130 Å². The van der Waals surface area contributed by atoms with Gasteiger partial charge < -0.3 is 24.8 Å². The van der Waals surface area contributed by atoms with Crippen molar-refractivity contribution in [1.82, 2.24) is 9.88 Å². The van der Waals surface area contributed by atoms with Crippen molar-refractivity contribution in [2.75, 3.05) is 42.9 Å². The highest BCUT2D eigenvalue weighted by atomic mass is 16.7. The number of piperazine rings is 1. The van der Waals surface area contributed by atoms with Crippen LogP contribution in [0.25, 0.3) is 0 Å². The van der Waals surface area contributed by atoms with E-state index in [1.807, 2.05) is 60.7 Å². The normalized spacial score (nSPS) is 20.5. The van der Waals surface area contributed by atoms with Crippen molar-refractivity contribution in [2.45, 2.75) is 31.5 Å². The molecule has 2 fully saturated rings. The van der Waals surface area contributed by atoms with Crippen molar-refractivity contribution < 1.29 is 24.3 Å². The summed E-state index contributed by atoms with van der Waals surface area (Å²) in [5.74, 6) is -0.235. The van der Waals surface area contributed by atoms with E-state index in [0.717, 1.165) is 55.1 Å². The number of anilines is 2. The zero-order valence-electron chi connectivity index (χ0n) is 24.7. The van der Waals surface area contributed by atoms with Crippen LogP contribution in [0, 0.1) is 10.1 Å². The number of nitrogens with one attached hydrogen (secondary N) is 1. The summed E-state index contributed by atoms with van der Waals surface area (Å²) in [5.41, 5.74) is 4.91. The predicted molar refractivity (Wildman–Crippen MR) is 169 cm³/mol. The monoisotopic (exact) mass is 609 g/mol. The molecule has 0 unspecified atom stereocenters. The predicted octanol–water partition coefficient (Wildman–Crippen LogP) is 5.10. The van der Waals surface area contributed by atoms with E-state index in [1.165, 1.54) is 6.20 Å². The van der Waals surface area contributed by atoms with Crippen molar-refractivity contribution in [2.24, 2.45) is 0 Å². The zero-order valence-corrected chi connectivity index (χ0v) is 24.7. The number of benzene rings is 3. The van der Waals surface area contributed by atoms with Crippen LogP contribution in [-0.4, -0.2) is 64.6 Å². The Morgan fingerprint density at radius 1 is 0.933 bits per heavy atom. The summed E-state index contributed by atoms with van der Waals surface area (Å²) in [6.07, 6.45) is 2.93. The molecule has 2 aliphatic rings. The summed E-state index contributed by atoms with van der Waals surface area (Å²) in [7, 11) is 0. The molecule has 1 amide bonds. The molecule has 0 bridgehead atoms. The van der Waals surface area contributed by atoms with Gasteiger partial charge in [-0.05, 0) is 47.5 Å². The van der Waals surface area contributed by atoms with Crippen LogP contribution >= 0.6 is 0 Å². The molecule has 2 saturated heterocycles. The summed E-state index contributed by atoms with van der Waals surface area (Å²) < 4.78 is 13.0. The molecule has 11 nitrogen and oxygen atoms in total. The summed E-state index contributed by atoms with van der Waals surface area (Å²) in [5, 5.41) is 23.4. The first-order valence-corrected chi connectivity index (χ1v) is 15.0. The zero-order chi connectivity index (χ0) is 31.2. The largest absolute Gasteiger partial charge is 0.392 e. The maximum atomic E-state index is 12.6. The van der Waals surface area contributed by atoms with Gasteiger partial charge in [0.1, 0.15) is 0 Å². The quantitative estimate of drug-likeness (QED) is 0.197. The van der Waals surface area contributed by atoms with Gasteiger partial charge in [-0.1, -0.05) is 36.4 Å². The second-order valence-electron chi connectivity index (χ2n) is 11.2.